The molecule has 0 spiro atoms. The van der Waals surface area contributed by atoms with Gasteiger partial charge in [0.1, 0.15) is 23.7 Å². The van der Waals surface area contributed by atoms with Gasteiger partial charge in [-0.05, 0) is 48.7 Å². The minimum absolute atomic E-state index is 0.0512. The second-order valence-corrected chi connectivity index (χ2v) is 7.37. The number of amides is 1. The summed E-state index contributed by atoms with van der Waals surface area (Å²) in [4.78, 5) is 28.7. The van der Waals surface area contributed by atoms with Crippen molar-refractivity contribution in [1.82, 2.24) is 4.98 Å². The first-order valence-corrected chi connectivity index (χ1v) is 9.81. The number of nitrogens with zero attached hydrogens (tertiary/aromatic N) is 3. The van der Waals surface area contributed by atoms with Crippen LogP contribution in [0.3, 0.4) is 0 Å². The van der Waals surface area contributed by atoms with Gasteiger partial charge in [-0.2, -0.15) is 0 Å². The van der Waals surface area contributed by atoms with E-state index in [4.69, 9.17) is 15.5 Å². The molecule has 2 heterocycles. The van der Waals surface area contributed by atoms with Gasteiger partial charge >= 0.3 is 0 Å². The summed E-state index contributed by atoms with van der Waals surface area (Å²) >= 11 is 0. The molecule has 0 saturated carbocycles. The van der Waals surface area contributed by atoms with Crippen LogP contribution in [0.15, 0.2) is 54.6 Å². The molecule has 1 saturated heterocycles. The molecule has 30 heavy (non-hydrogen) atoms. The van der Waals surface area contributed by atoms with Crippen molar-refractivity contribution in [2.24, 2.45) is 11.7 Å². The summed E-state index contributed by atoms with van der Waals surface area (Å²) in [7, 11) is 0. The van der Waals surface area contributed by atoms with Crippen LogP contribution in [-0.4, -0.2) is 28.9 Å². The summed E-state index contributed by atoms with van der Waals surface area (Å²) in [5, 5.41) is 11.8. The topological polar surface area (TPSA) is 112 Å². The number of carbonyl (C=O) groups is 1. The Morgan fingerprint density at radius 3 is 2.53 bits per heavy atom. The number of non-ortho nitro benzene ring substituents is 1. The number of nitro groups is 1. The van der Waals surface area contributed by atoms with E-state index in [-0.39, 0.29) is 24.1 Å². The fourth-order valence-corrected chi connectivity index (χ4v) is 3.67. The molecule has 8 nitrogen and oxygen atoms in total. The molecule has 0 radical (unpaired) electrons. The second kappa shape index (κ2) is 8.36. The minimum atomic E-state index is -0.424. The Hall–Kier alpha value is -3.68. The molecule has 0 bridgehead atoms. The van der Waals surface area contributed by atoms with E-state index in [1.165, 1.54) is 12.1 Å². The number of primary amides is 1. The molecule has 1 fully saturated rings. The van der Waals surface area contributed by atoms with Crippen LogP contribution < -0.4 is 15.4 Å². The minimum Gasteiger partial charge on any atom is -0.487 e. The zero-order valence-corrected chi connectivity index (χ0v) is 16.4. The van der Waals surface area contributed by atoms with Gasteiger partial charge in [-0.3, -0.25) is 14.9 Å². The lowest BCUT2D eigenvalue weighted by Crippen LogP contribution is -2.38. The number of fused-ring (bicyclic) bond motifs is 1. The molecule has 1 aliphatic heterocycles. The molecule has 3 aromatic rings. The maximum Gasteiger partial charge on any atom is 0.269 e. The number of nitrogens with two attached hydrogens (primary N) is 1. The first kappa shape index (κ1) is 19.6. The van der Waals surface area contributed by atoms with Crippen molar-refractivity contribution in [3.63, 3.8) is 0 Å². The number of hydrogen-bond acceptors (Lipinski definition) is 6. The predicted molar refractivity (Wildman–Crippen MR) is 113 cm³/mol. The average molecular weight is 406 g/mol. The molecule has 8 heteroatoms. The van der Waals surface area contributed by atoms with Gasteiger partial charge in [0.25, 0.3) is 5.69 Å². The number of rotatable bonds is 6. The van der Waals surface area contributed by atoms with E-state index in [2.05, 4.69) is 4.90 Å². The molecule has 0 aliphatic carbocycles. The first-order chi connectivity index (χ1) is 14.5. The summed E-state index contributed by atoms with van der Waals surface area (Å²) in [5.41, 5.74) is 7.07. The molecule has 4 rings (SSSR count). The lowest BCUT2D eigenvalue weighted by molar-refractivity contribution is -0.384. The van der Waals surface area contributed by atoms with Crippen LogP contribution in [0.25, 0.3) is 10.9 Å². The monoisotopic (exact) mass is 406 g/mol. The third-order valence-electron chi connectivity index (χ3n) is 5.43. The molecule has 0 unspecified atom stereocenters. The Labute approximate surface area is 173 Å². The number of carbonyl (C=O) groups excluding carboxylic acids is 1. The van der Waals surface area contributed by atoms with E-state index in [1.807, 2.05) is 30.3 Å². The molecule has 1 aliphatic rings. The molecule has 154 valence electrons. The molecular formula is C22H22N4O4. The molecule has 1 aromatic heterocycles. The summed E-state index contributed by atoms with van der Waals surface area (Å²) in [6, 6.07) is 16.0. The highest BCUT2D eigenvalue weighted by molar-refractivity contribution is 5.86. The largest absolute Gasteiger partial charge is 0.487 e. The highest BCUT2D eigenvalue weighted by Crippen LogP contribution is 2.29. The summed E-state index contributed by atoms with van der Waals surface area (Å²) in [6.07, 6.45) is 1.46. The van der Waals surface area contributed by atoms with Crippen LogP contribution in [0.5, 0.6) is 5.75 Å². The number of ether oxygens (including phenoxy) is 1. The highest BCUT2D eigenvalue weighted by Gasteiger charge is 2.24. The van der Waals surface area contributed by atoms with Crippen molar-refractivity contribution in [1.29, 1.82) is 0 Å². The zero-order chi connectivity index (χ0) is 21.1. The Bertz CT molecular complexity index is 1080. The van der Waals surface area contributed by atoms with Crippen molar-refractivity contribution >= 4 is 28.3 Å². The van der Waals surface area contributed by atoms with Crippen molar-refractivity contribution in [3.05, 3.63) is 70.3 Å². The number of nitro benzene ring substituents is 1. The number of hydrogen-bond donors (Lipinski definition) is 1. The highest BCUT2D eigenvalue weighted by atomic mass is 16.6. The lowest BCUT2D eigenvalue weighted by atomic mass is 9.96. The van der Waals surface area contributed by atoms with E-state index >= 15 is 0 Å². The molecule has 2 N–H and O–H groups in total. The van der Waals surface area contributed by atoms with Crippen molar-refractivity contribution in [2.75, 3.05) is 18.0 Å². The van der Waals surface area contributed by atoms with Gasteiger partial charge in [0.05, 0.1) is 4.92 Å². The fourth-order valence-electron chi connectivity index (χ4n) is 3.67. The average Bonchev–Trinajstić information content (AvgIpc) is 2.77. The molecule has 0 atom stereocenters. The van der Waals surface area contributed by atoms with Crippen molar-refractivity contribution < 1.29 is 14.5 Å². The van der Waals surface area contributed by atoms with Crippen LogP contribution in [0.2, 0.25) is 0 Å². The number of piperidine rings is 1. The second-order valence-electron chi connectivity index (χ2n) is 7.37. The summed E-state index contributed by atoms with van der Waals surface area (Å²) in [6.45, 7) is 1.75. The van der Waals surface area contributed by atoms with Gasteiger partial charge in [0, 0.05) is 36.5 Å². The van der Waals surface area contributed by atoms with E-state index in [0.717, 1.165) is 48.2 Å². The van der Waals surface area contributed by atoms with Gasteiger partial charge in [-0.15, -0.1) is 0 Å². The van der Waals surface area contributed by atoms with Crippen LogP contribution in [0.1, 0.15) is 18.4 Å². The van der Waals surface area contributed by atoms with Gasteiger partial charge in [-0.1, -0.05) is 12.1 Å². The summed E-state index contributed by atoms with van der Waals surface area (Å²) < 4.78 is 5.98. The van der Waals surface area contributed by atoms with Gasteiger partial charge in [-0.25, -0.2) is 4.98 Å². The first-order valence-electron chi connectivity index (χ1n) is 9.81. The Morgan fingerprint density at radius 2 is 1.87 bits per heavy atom. The zero-order valence-electron chi connectivity index (χ0n) is 16.4. The number of para-hydroxylation sites is 1. The van der Waals surface area contributed by atoms with Crippen LogP contribution >= 0.6 is 0 Å². The third kappa shape index (κ3) is 4.17. The normalized spacial score (nSPS) is 14.6. The lowest BCUT2D eigenvalue weighted by Gasteiger charge is -2.31. The molecular weight excluding hydrogens is 384 g/mol. The number of anilines is 1. The van der Waals surface area contributed by atoms with Gasteiger partial charge in [0.15, 0.2) is 0 Å². The van der Waals surface area contributed by atoms with Crippen molar-refractivity contribution in [3.8, 4) is 5.75 Å². The van der Waals surface area contributed by atoms with Crippen LogP contribution in [-0.2, 0) is 11.4 Å². The van der Waals surface area contributed by atoms with Crippen LogP contribution in [0, 0.1) is 16.0 Å². The van der Waals surface area contributed by atoms with E-state index < -0.39 is 4.92 Å². The Morgan fingerprint density at radius 1 is 1.13 bits per heavy atom. The smallest absolute Gasteiger partial charge is 0.269 e. The summed E-state index contributed by atoms with van der Waals surface area (Å²) in [5.74, 6) is 1.20. The van der Waals surface area contributed by atoms with Gasteiger partial charge in [0.2, 0.25) is 5.91 Å². The van der Waals surface area contributed by atoms with Gasteiger partial charge < -0.3 is 15.4 Å². The van der Waals surface area contributed by atoms with E-state index in [9.17, 15) is 14.9 Å². The SMILES string of the molecule is NC(=O)C1CCN(c2ccc3cccc(OCc4ccc([N+](=O)[O-])cc4)c3n2)CC1. The number of aromatic nitrogens is 1. The number of benzene rings is 2. The predicted octanol–water partition coefficient (Wildman–Crippen LogP) is 3.42. The maximum absolute atomic E-state index is 11.4. The van der Waals surface area contributed by atoms with Crippen molar-refractivity contribution in [2.45, 2.75) is 19.4 Å². The Balaban J connectivity index is 1.51. The molecule has 2 aromatic carbocycles. The molecule has 1 amide bonds. The standard InChI is InChI=1S/C22H22N4O4/c23-22(27)17-10-12-25(13-11-17)20-9-6-16-2-1-3-19(21(16)24-20)30-14-15-4-7-18(8-5-15)26(28)29/h1-9,17H,10-14H2,(H2,23,27). The fraction of sp³-hybridized carbons (Fsp3) is 0.273. The number of pyridine rings is 1. The maximum atomic E-state index is 11.4. The van der Waals surface area contributed by atoms with E-state index in [0.29, 0.717) is 5.75 Å². The quantitative estimate of drug-likeness (QED) is 0.496. The third-order valence-corrected chi connectivity index (χ3v) is 5.43. The van der Waals surface area contributed by atoms with E-state index in [1.54, 1.807) is 12.1 Å². The van der Waals surface area contributed by atoms with Crippen LogP contribution in [0.4, 0.5) is 11.5 Å². The Kier molecular flexibility index (Phi) is 5.47.